The third kappa shape index (κ3) is 1.69. The van der Waals surface area contributed by atoms with E-state index in [4.69, 9.17) is 16.3 Å². The SMILES string of the molecule is CCOC(=O)c1c(Cl)nc2cccc3c2c1-c1ccccc1-3. The maximum Gasteiger partial charge on any atom is 0.341 e. The molecule has 0 unspecified atom stereocenters. The van der Waals surface area contributed by atoms with Gasteiger partial charge in [-0.1, -0.05) is 48.0 Å². The third-order valence-electron chi connectivity index (χ3n) is 3.93. The number of aromatic nitrogens is 1. The molecule has 0 atom stereocenters. The Morgan fingerprint density at radius 3 is 2.59 bits per heavy atom. The molecule has 4 rings (SSSR count). The van der Waals surface area contributed by atoms with Crippen molar-refractivity contribution < 1.29 is 9.53 Å². The number of nitrogens with zero attached hydrogens (tertiary/aromatic N) is 1. The van der Waals surface area contributed by atoms with Crippen LogP contribution in [-0.4, -0.2) is 17.6 Å². The number of halogens is 1. The van der Waals surface area contributed by atoms with Crippen LogP contribution in [-0.2, 0) is 4.74 Å². The summed E-state index contributed by atoms with van der Waals surface area (Å²) < 4.78 is 5.17. The van der Waals surface area contributed by atoms with E-state index in [0.717, 1.165) is 33.2 Å². The van der Waals surface area contributed by atoms with Crippen molar-refractivity contribution in [2.24, 2.45) is 0 Å². The van der Waals surface area contributed by atoms with Crippen molar-refractivity contribution in [3.8, 4) is 22.3 Å². The van der Waals surface area contributed by atoms with Crippen LogP contribution in [0.1, 0.15) is 17.3 Å². The summed E-state index contributed by atoms with van der Waals surface area (Å²) in [6.07, 6.45) is 0. The van der Waals surface area contributed by atoms with Crippen molar-refractivity contribution in [2.45, 2.75) is 6.92 Å². The Balaban J connectivity index is 2.16. The van der Waals surface area contributed by atoms with Crippen LogP contribution in [0.3, 0.4) is 0 Å². The van der Waals surface area contributed by atoms with E-state index >= 15 is 0 Å². The lowest BCUT2D eigenvalue weighted by atomic mass is 10.0. The summed E-state index contributed by atoms with van der Waals surface area (Å²) in [5, 5.41) is 1.16. The van der Waals surface area contributed by atoms with E-state index in [1.807, 2.05) is 42.5 Å². The second-order valence-electron chi connectivity index (χ2n) is 5.12. The minimum absolute atomic E-state index is 0.190. The molecule has 22 heavy (non-hydrogen) atoms. The predicted octanol–water partition coefficient (Wildman–Crippen LogP) is 4.71. The summed E-state index contributed by atoms with van der Waals surface area (Å²) in [6, 6.07) is 13.9. The summed E-state index contributed by atoms with van der Waals surface area (Å²) in [5.41, 5.74) is 5.16. The molecule has 0 amide bonds. The first-order valence-corrected chi connectivity index (χ1v) is 7.49. The smallest absolute Gasteiger partial charge is 0.341 e. The number of carbonyl (C=O) groups is 1. The molecule has 3 aromatic rings. The molecule has 0 aliphatic heterocycles. The van der Waals surface area contributed by atoms with Gasteiger partial charge < -0.3 is 4.74 Å². The van der Waals surface area contributed by atoms with E-state index in [9.17, 15) is 4.79 Å². The number of esters is 1. The van der Waals surface area contributed by atoms with Gasteiger partial charge in [0.15, 0.2) is 0 Å². The third-order valence-corrected chi connectivity index (χ3v) is 4.21. The summed E-state index contributed by atoms with van der Waals surface area (Å²) >= 11 is 6.30. The molecule has 0 fully saturated rings. The van der Waals surface area contributed by atoms with Crippen LogP contribution in [0.4, 0.5) is 0 Å². The molecule has 4 heteroatoms. The summed E-state index contributed by atoms with van der Waals surface area (Å²) in [6.45, 7) is 2.08. The molecule has 2 aromatic carbocycles. The summed E-state index contributed by atoms with van der Waals surface area (Å²) in [7, 11) is 0. The van der Waals surface area contributed by atoms with E-state index in [-0.39, 0.29) is 5.15 Å². The average molecular weight is 310 g/mol. The van der Waals surface area contributed by atoms with E-state index in [0.29, 0.717) is 12.2 Å². The monoisotopic (exact) mass is 309 g/mol. The van der Waals surface area contributed by atoms with E-state index in [1.165, 1.54) is 0 Å². The van der Waals surface area contributed by atoms with Gasteiger partial charge in [-0.15, -0.1) is 0 Å². The Labute approximate surface area is 132 Å². The zero-order valence-electron chi connectivity index (χ0n) is 11.9. The number of fused-ring (bicyclic) bond motifs is 3. The molecular weight excluding hydrogens is 298 g/mol. The first-order valence-electron chi connectivity index (χ1n) is 7.11. The highest BCUT2D eigenvalue weighted by Crippen LogP contribution is 2.49. The molecule has 0 saturated carbocycles. The Hall–Kier alpha value is -2.39. The fourth-order valence-corrected chi connectivity index (χ4v) is 3.37. The molecule has 1 aliphatic rings. The highest BCUT2D eigenvalue weighted by molar-refractivity contribution is 6.35. The number of hydrogen-bond acceptors (Lipinski definition) is 3. The second kappa shape index (κ2) is 4.82. The molecule has 1 aromatic heterocycles. The Bertz CT molecular complexity index is 934. The minimum atomic E-state index is -0.427. The second-order valence-corrected chi connectivity index (χ2v) is 5.48. The van der Waals surface area contributed by atoms with Gasteiger partial charge in [0.05, 0.1) is 12.1 Å². The summed E-state index contributed by atoms with van der Waals surface area (Å²) in [5.74, 6) is -0.427. The average Bonchev–Trinajstić information content (AvgIpc) is 2.85. The molecule has 108 valence electrons. The Morgan fingerprint density at radius 2 is 1.82 bits per heavy atom. The molecule has 1 aliphatic carbocycles. The van der Waals surface area contributed by atoms with Gasteiger partial charge in [-0.2, -0.15) is 0 Å². The van der Waals surface area contributed by atoms with Crippen LogP contribution in [0.15, 0.2) is 42.5 Å². The fourth-order valence-electron chi connectivity index (χ4n) is 3.11. The molecule has 3 nitrogen and oxygen atoms in total. The van der Waals surface area contributed by atoms with Crippen molar-refractivity contribution in [1.29, 1.82) is 0 Å². The molecule has 1 heterocycles. The maximum atomic E-state index is 12.4. The van der Waals surface area contributed by atoms with Gasteiger partial charge in [-0.25, -0.2) is 9.78 Å². The van der Waals surface area contributed by atoms with E-state index in [1.54, 1.807) is 6.92 Å². The van der Waals surface area contributed by atoms with E-state index < -0.39 is 5.97 Å². The van der Waals surface area contributed by atoms with Gasteiger partial charge >= 0.3 is 5.97 Å². The molecule has 0 radical (unpaired) electrons. The van der Waals surface area contributed by atoms with E-state index in [2.05, 4.69) is 4.98 Å². The lowest BCUT2D eigenvalue weighted by molar-refractivity contribution is 0.0527. The predicted molar refractivity (Wildman–Crippen MR) is 87.1 cm³/mol. The van der Waals surface area contributed by atoms with Gasteiger partial charge in [0.1, 0.15) is 10.7 Å². The van der Waals surface area contributed by atoms with Crippen molar-refractivity contribution in [3.63, 3.8) is 0 Å². The lowest BCUT2D eigenvalue weighted by Gasteiger charge is -2.10. The first kappa shape index (κ1) is 13.3. The quantitative estimate of drug-likeness (QED) is 0.397. The molecule has 0 bridgehead atoms. The van der Waals surface area contributed by atoms with Crippen LogP contribution in [0.2, 0.25) is 5.15 Å². The zero-order valence-corrected chi connectivity index (χ0v) is 12.6. The molecular formula is C18H12ClNO2. The Morgan fingerprint density at radius 1 is 1.09 bits per heavy atom. The number of ether oxygens (including phenoxy) is 1. The van der Waals surface area contributed by atoms with Gasteiger partial charge in [-0.3, -0.25) is 0 Å². The first-order chi connectivity index (χ1) is 10.7. The normalized spacial score (nSPS) is 11.5. The standard InChI is InChI=1S/C18H12ClNO2/c1-2-22-18(21)16-15-12-7-4-3-6-10(12)11-8-5-9-13(14(11)15)20-17(16)19/h3-9H,2H2,1H3. The number of benzene rings is 2. The number of pyridine rings is 1. The molecule has 0 N–H and O–H groups in total. The van der Waals surface area contributed by atoms with Crippen molar-refractivity contribution in [1.82, 2.24) is 4.98 Å². The van der Waals surface area contributed by atoms with Gasteiger partial charge in [0, 0.05) is 10.9 Å². The summed E-state index contributed by atoms with van der Waals surface area (Å²) in [4.78, 5) is 16.8. The highest BCUT2D eigenvalue weighted by atomic mass is 35.5. The van der Waals surface area contributed by atoms with Crippen molar-refractivity contribution in [2.75, 3.05) is 6.61 Å². The minimum Gasteiger partial charge on any atom is -0.462 e. The van der Waals surface area contributed by atoms with Crippen molar-refractivity contribution in [3.05, 3.63) is 53.2 Å². The van der Waals surface area contributed by atoms with Gasteiger partial charge in [0.25, 0.3) is 0 Å². The number of carbonyl (C=O) groups excluding carboxylic acids is 1. The number of hydrogen-bond donors (Lipinski definition) is 0. The zero-order chi connectivity index (χ0) is 15.3. The Kier molecular flexibility index (Phi) is 2.91. The van der Waals surface area contributed by atoms with Crippen LogP contribution in [0.25, 0.3) is 33.2 Å². The van der Waals surface area contributed by atoms with Crippen LogP contribution in [0.5, 0.6) is 0 Å². The lowest BCUT2D eigenvalue weighted by Crippen LogP contribution is -2.08. The fraction of sp³-hybridized carbons (Fsp3) is 0.111. The van der Waals surface area contributed by atoms with Crippen LogP contribution in [0, 0.1) is 0 Å². The molecule has 0 spiro atoms. The van der Waals surface area contributed by atoms with Gasteiger partial charge in [0.2, 0.25) is 0 Å². The van der Waals surface area contributed by atoms with Crippen LogP contribution >= 0.6 is 11.6 Å². The van der Waals surface area contributed by atoms with Crippen LogP contribution < -0.4 is 0 Å². The topological polar surface area (TPSA) is 39.2 Å². The van der Waals surface area contributed by atoms with Gasteiger partial charge in [-0.05, 0) is 29.7 Å². The number of rotatable bonds is 2. The van der Waals surface area contributed by atoms with Crippen molar-refractivity contribution >= 4 is 28.5 Å². The molecule has 0 saturated heterocycles. The highest BCUT2D eigenvalue weighted by Gasteiger charge is 2.29. The maximum absolute atomic E-state index is 12.4. The largest absolute Gasteiger partial charge is 0.462 e.